The van der Waals surface area contributed by atoms with E-state index in [1.807, 2.05) is 27.7 Å². The molecule has 0 spiro atoms. The molecule has 0 amide bonds. The normalized spacial score (nSPS) is 15.5. The first kappa shape index (κ1) is 50.0. The standard InChI is InChI=1S/C53H80O8/c1-36-33-41(22-14-10-18-26-51(7,8)47(56)57)45(39(4)43(36)23-15-11-19-27-52(29-30-52)48(58)59)35-42-34-40(21-13-9-17-25-50(5,6)46(54)55)37(2)38(3)44(42)24-16-12-20-28-53(31-32-53)49(60)61/h33-34H,9-32,35H2,1-8H3,(H,54,55)(H,56,57)(H,58,59)(H,60,61). The smallest absolute Gasteiger partial charge is 0.309 e. The molecule has 8 nitrogen and oxygen atoms in total. The predicted molar refractivity (Wildman–Crippen MR) is 245 cm³/mol. The highest BCUT2D eigenvalue weighted by Crippen LogP contribution is 2.51. The molecule has 0 aliphatic heterocycles. The van der Waals surface area contributed by atoms with Gasteiger partial charge in [-0.1, -0.05) is 63.5 Å². The summed E-state index contributed by atoms with van der Waals surface area (Å²) < 4.78 is 0. The third-order valence-corrected chi connectivity index (χ3v) is 15.2. The van der Waals surface area contributed by atoms with Crippen molar-refractivity contribution in [3.05, 3.63) is 67.8 Å². The number of carbonyl (C=O) groups is 4. The molecule has 2 aliphatic carbocycles. The fraction of sp³-hybridized carbons (Fsp3) is 0.698. The van der Waals surface area contributed by atoms with Crippen molar-refractivity contribution in [3.63, 3.8) is 0 Å². The molecule has 0 atom stereocenters. The Hall–Kier alpha value is -3.68. The molecule has 0 unspecified atom stereocenters. The van der Waals surface area contributed by atoms with Crippen molar-refractivity contribution in [1.82, 2.24) is 0 Å². The average molecular weight is 845 g/mol. The molecule has 4 rings (SSSR count). The lowest BCUT2D eigenvalue weighted by atomic mass is 9.81. The van der Waals surface area contributed by atoms with Gasteiger partial charge in [0.1, 0.15) is 0 Å². The van der Waals surface area contributed by atoms with Crippen LogP contribution >= 0.6 is 0 Å². The van der Waals surface area contributed by atoms with Gasteiger partial charge in [-0.05, 0) is 220 Å². The first-order chi connectivity index (χ1) is 28.7. The molecule has 61 heavy (non-hydrogen) atoms. The van der Waals surface area contributed by atoms with Crippen LogP contribution in [0.15, 0.2) is 12.1 Å². The van der Waals surface area contributed by atoms with E-state index in [1.54, 1.807) is 0 Å². The molecule has 2 aromatic rings. The van der Waals surface area contributed by atoms with Gasteiger partial charge < -0.3 is 20.4 Å². The lowest BCUT2D eigenvalue weighted by molar-refractivity contribution is -0.148. The Balaban J connectivity index is 1.60. The highest BCUT2D eigenvalue weighted by Gasteiger charge is 2.50. The van der Waals surface area contributed by atoms with Gasteiger partial charge in [-0.2, -0.15) is 0 Å². The Labute approximate surface area is 367 Å². The van der Waals surface area contributed by atoms with E-state index in [2.05, 4.69) is 39.8 Å². The minimum Gasteiger partial charge on any atom is -0.481 e. The number of carboxylic acids is 4. The van der Waals surface area contributed by atoms with Crippen molar-refractivity contribution >= 4 is 23.9 Å². The molecule has 0 bridgehead atoms. The molecule has 4 N–H and O–H groups in total. The Morgan fingerprint density at radius 3 is 1.34 bits per heavy atom. The molecule has 2 aliphatic rings. The predicted octanol–water partition coefficient (Wildman–Crippen LogP) is 12.9. The first-order valence-corrected chi connectivity index (χ1v) is 23.8. The summed E-state index contributed by atoms with van der Waals surface area (Å²) in [5.41, 5.74) is 11.3. The maximum absolute atomic E-state index is 11.8. The molecular weight excluding hydrogens is 765 g/mol. The SMILES string of the molecule is Cc1cc(CCCCCC(C)(C)C(=O)O)c(Cc2cc(CCCCCC(C)(C)C(=O)O)c(C)c(C)c2CCCCCC2(C(=O)O)CC2)c(C)c1CCCCCC1(C(=O)O)CC1. The van der Waals surface area contributed by atoms with Gasteiger partial charge in [-0.15, -0.1) is 0 Å². The highest BCUT2D eigenvalue weighted by atomic mass is 16.4. The van der Waals surface area contributed by atoms with Crippen LogP contribution in [-0.4, -0.2) is 44.3 Å². The van der Waals surface area contributed by atoms with Crippen molar-refractivity contribution in [3.8, 4) is 0 Å². The molecule has 2 aromatic carbocycles. The zero-order valence-corrected chi connectivity index (χ0v) is 39.3. The minimum atomic E-state index is -0.747. The monoisotopic (exact) mass is 845 g/mol. The summed E-state index contributed by atoms with van der Waals surface area (Å²) in [6.45, 7) is 16.3. The van der Waals surface area contributed by atoms with E-state index in [0.29, 0.717) is 12.8 Å². The zero-order chi connectivity index (χ0) is 45.2. The second-order valence-electron chi connectivity index (χ2n) is 20.8. The summed E-state index contributed by atoms with van der Waals surface area (Å²) in [6.07, 6.45) is 22.4. The number of unbranched alkanes of at least 4 members (excludes halogenated alkanes) is 8. The van der Waals surface area contributed by atoms with E-state index >= 15 is 0 Å². The highest BCUT2D eigenvalue weighted by molar-refractivity contribution is 5.78. The van der Waals surface area contributed by atoms with E-state index in [1.165, 1.54) is 55.6 Å². The van der Waals surface area contributed by atoms with Gasteiger partial charge in [-0.3, -0.25) is 19.2 Å². The van der Waals surface area contributed by atoms with Crippen LogP contribution in [0.4, 0.5) is 0 Å². The van der Waals surface area contributed by atoms with Gasteiger partial charge in [0.25, 0.3) is 0 Å². The van der Waals surface area contributed by atoms with Gasteiger partial charge in [0.15, 0.2) is 0 Å². The molecule has 340 valence electrons. The van der Waals surface area contributed by atoms with Crippen molar-refractivity contribution < 1.29 is 39.6 Å². The molecule has 2 saturated carbocycles. The Morgan fingerprint density at radius 1 is 0.475 bits per heavy atom. The van der Waals surface area contributed by atoms with Crippen molar-refractivity contribution in [2.24, 2.45) is 21.7 Å². The molecule has 2 fully saturated rings. The first-order valence-electron chi connectivity index (χ1n) is 23.8. The Bertz CT molecular complexity index is 1860. The van der Waals surface area contributed by atoms with E-state index < -0.39 is 45.5 Å². The quantitative estimate of drug-likeness (QED) is 0.0568. The molecule has 0 saturated heterocycles. The van der Waals surface area contributed by atoms with Crippen LogP contribution in [0.5, 0.6) is 0 Å². The van der Waals surface area contributed by atoms with Crippen LogP contribution in [0.2, 0.25) is 0 Å². The summed E-state index contributed by atoms with van der Waals surface area (Å²) in [4.78, 5) is 47.0. The Kier molecular flexibility index (Phi) is 17.7. The van der Waals surface area contributed by atoms with Gasteiger partial charge in [0.05, 0.1) is 21.7 Å². The minimum absolute atomic E-state index is 0.470. The number of carboxylic acid groups (broad SMARTS) is 4. The van der Waals surface area contributed by atoms with Crippen LogP contribution in [0, 0.1) is 49.4 Å². The topological polar surface area (TPSA) is 149 Å². The van der Waals surface area contributed by atoms with Gasteiger partial charge in [0, 0.05) is 0 Å². The van der Waals surface area contributed by atoms with Crippen molar-refractivity contribution in [2.45, 2.75) is 216 Å². The molecule has 0 heterocycles. The van der Waals surface area contributed by atoms with Gasteiger partial charge >= 0.3 is 23.9 Å². The Morgan fingerprint density at radius 2 is 0.902 bits per heavy atom. The number of hydrogen-bond donors (Lipinski definition) is 4. The summed E-state index contributed by atoms with van der Waals surface area (Å²) in [5.74, 6) is -2.77. The van der Waals surface area contributed by atoms with Gasteiger partial charge in [0.2, 0.25) is 0 Å². The number of hydrogen-bond acceptors (Lipinski definition) is 4. The van der Waals surface area contributed by atoms with Crippen molar-refractivity contribution in [1.29, 1.82) is 0 Å². The van der Waals surface area contributed by atoms with E-state index in [0.717, 1.165) is 148 Å². The van der Waals surface area contributed by atoms with E-state index in [-0.39, 0.29) is 0 Å². The van der Waals surface area contributed by atoms with Crippen LogP contribution in [0.3, 0.4) is 0 Å². The largest absolute Gasteiger partial charge is 0.481 e. The summed E-state index contributed by atoms with van der Waals surface area (Å²) in [5, 5.41) is 38.7. The lowest BCUT2D eigenvalue weighted by Crippen LogP contribution is -2.23. The number of aliphatic carboxylic acids is 4. The van der Waals surface area contributed by atoms with Crippen LogP contribution < -0.4 is 0 Å². The summed E-state index contributed by atoms with van der Waals surface area (Å²) in [7, 11) is 0. The fourth-order valence-corrected chi connectivity index (χ4v) is 9.74. The van der Waals surface area contributed by atoms with E-state index in [4.69, 9.17) is 0 Å². The second-order valence-corrected chi connectivity index (χ2v) is 20.8. The lowest BCUT2D eigenvalue weighted by Gasteiger charge is -2.24. The summed E-state index contributed by atoms with van der Waals surface area (Å²) >= 11 is 0. The second kappa shape index (κ2) is 21.6. The van der Waals surface area contributed by atoms with Crippen LogP contribution in [0.1, 0.15) is 212 Å². The van der Waals surface area contributed by atoms with Gasteiger partial charge in [-0.25, -0.2) is 0 Å². The summed E-state index contributed by atoms with van der Waals surface area (Å²) in [6, 6.07) is 4.88. The molecule has 0 aromatic heterocycles. The molecule has 8 heteroatoms. The third kappa shape index (κ3) is 13.7. The number of benzene rings is 2. The third-order valence-electron chi connectivity index (χ3n) is 15.2. The fourth-order valence-electron chi connectivity index (χ4n) is 9.74. The van der Waals surface area contributed by atoms with Crippen LogP contribution in [0.25, 0.3) is 0 Å². The molecular formula is C53H80O8. The zero-order valence-electron chi connectivity index (χ0n) is 39.3. The van der Waals surface area contributed by atoms with E-state index in [9.17, 15) is 39.6 Å². The van der Waals surface area contributed by atoms with Crippen molar-refractivity contribution in [2.75, 3.05) is 0 Å². The number of aryl methyl sites for hydroxylation is 3. The van der Waals surface area contributed by atoms with Crippen LogP contribution in [-0.2, 0) is 51.3 Å². The maximum Gasteiger partial charge on any atom is 0.309 e. The number of rotatable bonds is 30. The maximum atomic E-state index is 11.8. The average Bonchev–Trinajstić information content (AvgIpc) is 4.13. The molecule has 0 radical (unpaired) electrons.